The van der Waals surface area contributed by atoms with Crippen LogP contribution >= 0.6 is 0 Å². The Kier molecular flexibility index (Phi) is 6.15. The minimum Gasteiger partial charge on any atom is -0.480 e. The van der Waals surface area contributed by atoms with Crippen molar-refractivity contribution in [3.05, 3.63) is 0 Å². The van der Waals surface area contributed by atoms with E-state index >= 15 is 0 Å². The number of carbonyl (C=O) groups excluding carboxylic acids is 2. The molecule has 2 amide bonds. The summed E-state index contributed by atoms with van der Waals surface area (Å²) in [5.41, 5.74) is -0.113. The lowest BCUT2D eigenvalue weighted by Gasteiger charge is -2.20. The van der Waals surface area contributed by atoms with Crippen LogP contribution in [0.5, 0.6) is 0 Å². The quantitative estimate of drug-likeness (QED) is 0.618. The molecule has 7 nitrogen and oxygen atoms in total. The second kappa shape index (κ2) is 6.83. The number of aliphatic carboxylic acids is 1. The minimum absolute atomic E-state index is 0.113. The van der Waals surface area contributed by atoms with Gasteiger partial charge in [-0.2, -0.15) is 0 Å². The van der Waals surface area contributed by atoms with E-state index in [0.717, 1.165) is 7.11 Å². The van der Waals surface area contributed by atoms with Crippen molar-refractivity contribution in [1.29, 1.82) is 0 Å². The van der Waals surface area contributed by atoms with Gasteiger partial charge in [0.1, 0.15) is 6.04 Å². The van der Waals surface area contributed by atoms with Crippen LogP contribution in [-0.2, 0) is 14.3 Å². The van der Waals surface area contributed by atoms with Gasteiger partial charge in [0.05, 0.1) is 13.5 Å². The molecule has 0 saturated heterocycles. The first-order chi connectivity index (χ1) is 8.15. The van der Waals surface area contributed by atoms with E-state index in [1.807, 2.05) is 20.8 Å². The van der Waals surface area contributed by atoms with Crippen molar-refractivity contribution in [2.75, 3.05) is 13.7 Å². The van der Waals surface area contributed by atoms with E-state index in [9.17, 15) is 14.4 Å². The predicted molar refractivity (Wildman–Crippen MR) is 64.0 cm³/mol. The number of carboxylic acids is 1. The van der Waals surface area contributed by atoms with Crippen LogP contribution in [-0.4, -0.2) is 42.8 Å². The van der Waals surface area contributed by atoms with Gasteiger partial charge in [-0.25, -0.2) is 9.59 Å². The smallest absolute Gasteiger partial charge is 0.326 e. The Bertz CT molecular complexity index is 322. The first-order valence-electron chi connectivity index (χ1n) is 5.49. The topological polar surface area (TPSA) is 105 Å². The third-order valence-electron chi connectivity index (χ3n) is 1.98. The van der Waals surface area contributed by atoms with E-state index in [-0.39, 0.29) is 5.41 Å². The molecule has 0 aliphatic carbocycles. The molecule has 0 aromatic carbocycles. The van der Waals surface area contributed by atoms with Crippen molar-refractivity contribution in [3.63, 3.8) is 0 Å². The van der Waals surface area contributed by atoms with E-state index in [4.69, 9.17) is 5.11 Å². The van der Waals surface area contributed by atoms with Gasteiger partial charge in [0.25, 0.3) is 0 Å². The summed E-state index contributed by atoms with van der Waals surface area (Å²) in [6.07, 6.45) is -0.408. The maximum atomic E-state index is 11.4. The number of rotatable bonds is 5. The van der Waals surface area contributed by atoms with Gasteiger partial charge < -0.3 is 20.5 Å². The summed E-state index contributed by atoms with van der Waals surface area (Å²) in [7, 11) is 1.15. The van der Waals surface area contributed by atoms with E-state index < -0.39 is 30.4 Å². The highest BCUT2D eigenvalue weighted by Gasteiger charge is 2.24. The molecule has 0 heterocycles. The number of carboxylic acid groups (broad SMARTS) is 1. The number of ether oxygens (including phenoxy) is 1. The summed E-state index contributed by atoms with van der Waals surface area (Å²) in [6, 6.07) is -1.92. The molecule has 0 aliphatic heterocycles. The van der Waals surface area contributed by atoms with Crippen molar-refractivity contribution in [2.45, 2.75) is 33.2 Å². The number of carbonyl (C=O) groups is 3. The summed E-state index contributed by atoms with van der Waals surface area (Å²) in [5, 5.41) is 13.6. The van der Waals surface area contributed by atoms with Gasteiger partial charge in [0.15, 0.2) is 0 Å². The fourth-order valence-electron chi connectivity index (χ4n) is 1.00. The van der Waals surface area contributed by atoms with Crippen molar-refractivity contribution >= 4 is 18.0 Å². The molecule has 0 fully saturated rings. The normalized spacial score (nSPS) is 12.4. The number of methoxy groups -OCH3 is 1. The van der Waals surface area contributed by atoms with Crippen molar-refractivity contribution in [1.82, 2.24) is 10.6 Å². The van der Waals surface area contributed by atoms with Crippen molar-refractivity contribution in [3.8, 4) is 0 Å². The third-order valence-corrected chi connectivity index (χ3v) is 1.98. The summed E-state index contributed by atoms with van der Waals surface area (Å²) in [5.74, 6) is -1.98. The van der Waals surface area contributed by atoms with E-state index in [1.54, 1.807) is 0 Å². The Morgan fingerprint density at radius 1 is 1.28 bits per heavy atom. The number of hydrogen-bond acceptors (Lipinski definition) is 4. The highest BCUT2D eigenvalue weighted by molar-refractivity contribution is 5.86. The monoisotopic (exact) mass is 260 g/mol. The fourth-order valence-corrected chi connectivity index (χ4v) is 1.00. The Hall–Kier alpha value is -1.79. The molecular weight excluding hydrogens is 240 g/mol. The van der Waals surface area contributed by atoms with Crippen LogP contribution in [0.25, 0.3) is 0 Å². The molecule has 0 aliphatic rings. The van der Waals surface area contributed by atoms with Crippen molar-refractivity contribution < 1.29 is 24.2 Å². The molecule has 0 spiro atoms. The van der Waals surface area contributed by atoms with Gasteiger partial charge in [0.2, 0.25) is 0 Å². The molecule has 18 heavy (non-hydrogen) atoms. The maximum Gasteiger partial charge on any atom is 0.326 e. The lowest BCUT2D eigenvalue weighted by atomic mass is 9.97. The molecule has 0 bridgehead atoms. The molecule has 7 heteroatoms. The highest BCUT2D eigenvalue weighted by Crippen LogP contribution is 2.09. The van der Waals surface area contributed by atoms with E-state index in [1.165, 1.54) is 0 Å². The molecule has 0 radical (unpaired) electrons. The Balaban J connectivity index is 4.29. The zero-order valence-corrected chi connectivity index (χ0v) is 11.1. The van der Waals surface area contributed by atoms with Crippen LogP contribution in [0.4, 0.5) is 4.79 Å². The summed E-state index contributed by atoms with van der Waals surface area (Å²) >= 11 is 0. The number of nitrogens with one attached hydrogen (secondary N) is 2. The summed E-state index contributed by atoms with van der Waals surface area (Å²) < 4.78 is 4.35. The van der Waals surface area contributed by atoms with E-state index in [2.05, 4.69) is 15.4 Å². The van der Waals surface area contributed by atoms with Crippen LogP contribution in [0.15, 0.2) is 0 Å². The second-order valence-corrected chi connectivity index (χ2v) is 5.06. The van der Waals surface area contributed by atoms with Gasteiger partial charge in [-0.15, -0.1) is 0 Å². The number of esters is 1. The van der Waals surface area contributed by atoms with Crippen LogP contribution in [0.1, 0.15) is 27.2 Å². The minimum atomic E-state index is -1.29. The molecule has 1 atom stereocenters. The Morgan fingerprint density at radius 2 is 1.83 bits per heavy atom. The van der Waals surface area contributed by atoms with E-state index in [0.29, 0.717) is 6.54 Å². The standard InChI is InChI=1S/C11H20N2O5/c1-11(2,3)6-12-10(17)13-7(9(15)16)5-8(14)18-4/h7H,5-6H2,1-4H3,(H,15,16)(H2,12,13,17)/t7-/m0/s1. The summed E-state index contributed by atoms with van der Waals surface area (Å²) in [6.45, 7) is 6.17. The summed E-state index contributed by atoms with van der Waals surface area (Å²) in [4.78, 5) is 33.2. The van der Waals surface area contributed by atoms with Gasteiger partial charge in [-0.1, -0.05) is 20.8 Å². The third kappa shape index (κ3) is 7.48. The Labute approximate surface area is 106 Å². The Morgan fingerprint density at radius 3 is 2.22 bits per heavy atom. The average molecular weight is 260 g/mol. The largest absolute Gasteiger partial charge is 0.480 e. The molecule has 0 aromatic heterocycles. The zero-order valence-electron chi connectivity index (χ0n) is 11.1. The molecule has 0 unspecified atom stereocenters. The van der Waals surface area contributed by atoms with Crippen LogP contribution < -0.4 is 10.6 Å². The average Bonchev–Trinajstić information content (AvgIpc) is 2.24. The molecule has 104 valence electrons. The zero-order chi connectivity index (χ0) is 14.3. The second-order valence-electron chi connectivity index (χ2n) is 5.06. The first kappa shape index (κ1) is 16.2. The molecule has 0 rings (SSSR count). The van der Waals surface area contributed by atoms with Gasteiger partial charge in [-0.05, 0) is 5.41 Å². The number of amides is 2. The molecule has 3 N–H and O–H groups in total. The van der Waals surface area contributed by atoms with Gasteiger partial charge in [-0.3, -0.25) is 4.79 Å². The lowest BCUT2D eigenvalue weighted by molar-refractivity contribution is -0.147. The predicted octanol–water partition coefficient (Wildman–Crippen LogP) is 0.348. The van der Waals surface area contributed by atoms with Crippen molar-refractivity contribution in [2.24, 2.45) is 5.41 Å². The lowest BCUT2D eigenvalue weighted by Crippen LogP contribution is -2.48. The maximum absolute atomic E-state index is 11.4. The molecule has 0 saturated carbocycles. The van der Waals surface area contributed by atoms with Gasteiger partial charge >= 0.3 is 18.0 Å². The highest BCUT2D eigenvalue weighted by atomic mass is 16.5. The fraction of sp³-hybridized carbons (Fsp3) is 0.727. The number of urea groups is 1. The van der Waals surface area contributed by atoms with Crippen LogP contribution in [0.2, 0.25) is 0 Å². The SMILES string of the molecule is COC(=O)C[C@H](NC(=O)NCC(C)(C)C)C(=O)O. The molecular formula is C11H20N2O5. The van der Waals surface area contributed by atoms with Crippen LogP contribution in [0.3, 0.4) is 0 Å². The number of hydrogen-bond donors (Lipinski definition) is 3. The van der Waals surface area contributed by atoms with Gasteiger partial charge in [0, 0.05) is 6.54 Å². The molecule has 0 aromatic rings. The van der Waals surface area contributed by atoms with Crippen LogP contribution in [0, 0.1) is 5.41 Å². The first-order valence-corrected chi connectivity index (χ1v) is 5.49.